The molecule has 0 unspecified atom stereocenters. The molecular weight excluding hydrogens is 251 g/mol. The zero-order valence-electron chi connectivity index (χ0n) is 8.73. The Labute approximate surface area is 98.6 Å². The lowest BCUT2D eigenvalue weighted by atomic mass is 10.1. The summed E-state index contributed by atoms with van der Waals surface area (Å²) in [5, 5.41) is 4.78. The lowest BCUT2D eigenvalue weighted by molar-refractivity contribution is 0.583. The number of halogens is 1. The van der Waals surface area contributed by atoms with Crippen LogP contribution in [-0.2, 0) is 16.6 Å². The molecule has 0 aliphatic carbocycles. The van der Waals surface area contributed by atoms with Crippen LogP contribution in [0, 0.1) is 5.82 Å². The van der Waals surface area contributed by atoms with Gasteiger partial charge in [-0.1, -0.05) is 0 Å². The van der Waals surface area contributed by atoms with Crippen molar-refractivity contribution in [1.82, 2.24) is 4.72 Å². The van der Waals surface area contributed by atoms with E-state index in [-0.39, 0.29) is 12.4 Å². The zero-order valence-corrected chi connectivity index (χ0v) is 10.4. The standard InChI is InChI=1S/C9H13FN2O2S2/c1-15-9-3-2-8(10)6-7(9)4-5-12-16(11,13)14/h2-3,6,12H,4-5H2,1H3,(H2,11,13,14). The lowest BCUT2D eigenvalue weighted by Crippen LogP contribution is -2.32. The third kappa shape index (κ3) is 4.48. The largest absolute Gasteiger partial charge is 0.274 e. The maximum Gasteiger partial charge on any atom is 0.274 e. The number of nitrogens with two attached hydrogens (primary N) is 1. The van der Waals surface area contributed by atoms with E-state index in [4.69, 9.17) is 5.14 Å². The second kappa shape index (κ2) is 5.62. The van der Waals surface area contributed by atoms with Crippen LogP contribution >= 0.6 is 11.8 Å². The maximum absolute atomic E-state index is 13.0. The van der Waals surface area contributed by atoms with Crippen molar-refractivity contribution in [3.63, 3.8) is 0 Å². The van der Waals surface area contributed by atoms with Gasteiger partial charge in [0, 0.05) is 11.4 Å². The van der Waals surface area contributed by atoms with E-state index in [1.54, 1.807) is 6.07 Å². The first-order valence-corrected chi connectivity index (χ1v) is 7.29. The summed E-state index contributed by atoms with van der Waals surface area (Å²) in [7, 11) is -3.67. The Morgan fingerprint density at radius 2 is 2.19 bits per heavy atom. The van der Waals surface area contributed by atoms with Gasteiger partial charge in [-0.3, -0.25) is 0 Å². The summed E-state index contributed by atoms with van der Waals surface area (Å²) in [5.74, 6) is -0.330. The van der Waals surface area contributed by atoms with E-state index in [0.29, 0.717) is 6.42 Å². The highest BCUT2D eigenvalue weighted by Crippen LogP contribution is 2.21. The molecule has 16 heavy (non-hydrogen) atoms. The van der Waals surface area contributed by atoms with E-state index in [1.165, 1.54) is 23.9 Å². The van der Waals surface area contributed by atoms with Crippen LogP contribution in [0.4, 0.5) is 4.39 Å². The van der Waals surface area contributed by atoms with Crippen LogP contribution in [0.25, 0.3) is 0 Å². The molecule has 0 bridgehead atoms. The quantitative estimate of drug-likeness (QED) is 0.776. The van der Waals surface area contributed by atoms with Gasteiger partial charge in [-0.15, -0.1) is 11.8 Å². The van der Waals surface area contributed by atoms with Gasteiger partial charge in [0.05, 0.1) is 0 Å². The molecule has 0 atom stereocenters. The predicted molar refractivity (Wildman–Crippen MR) is 63.0 cm³/mol. The van der Waals surface area contributed by atoms with E-state index < -0.39 is 10.2 Å². The molecule has 0 aromatic heterocycles. The third-order valence-corrected chi connectivity index (χ3v) is 3.38. The zero-order chi connectivity index (χ0) is 12.2. The van der Waals surface area contributed by atoms with Crippen LogP contribution < -0.4 is 9.86 Å². The molecule has 1 aromatic carbocycles. The monoisotopic (exact) mass is 264 g/mol. The van der Waals surface area contributed by atoms with Gasteiger partial charge >= 0.3 is 0 Å². The van der Waals surface area contributed by atoms with Gasteiger partial charge in [-0.25, -0.2) is 14.3 Å². The van der Waals surface area contributed by atoms with E-state index >= 15 is 0 Å². The van der Waals surface area contributed by atoms with Crippen molar-refractivity contribution in [2.75, 3.05) is 12.8 Å². The Morgan fingerprint density at radius 1 is 1.50 bits per heavy atom. The molecule has 4 nitrogen and oxygen atoms in total. The Kier molecular flexibility index (Phi) is 4.72. The second-order valence-corrected chi connectivity index (χ2v) is 5.37. The maximum atomic E-state index is 13.0. The van der Waals surface area contributed by atoms with Crippen LogP contribution in [0.3, 0.4) is 0 Å². The van der Waals surface area contributed by atoms with E-state index in [2.05, 4.69) is 4.72 Å². The molecule has 0 aliphatic rings. The number of rotatable bonds is 5. The molecule has 0 radical (unpaired) electrons. The molecule has 0 saturated heterocycles. The van der Waals surface area contributed by atoms with Gasteiger partial charge in [0.25, 0.3) is 10.2 Å². The van der Waals surface area contributed by atoms with Gasteiger partial charge in [0.2, 0.25) is 0 Å². The lowest BCUT2D eigenvalue weighted by Gasteiger charge is -2.07. The summed E-state index contributed by atoms with van der Waals surface area (Å²) < 4.78 is 36.4. The minimum absolute atomic E-state index is 0.163. The Hall–Kier alpha value is -0.630. The third-order valence-electron chi connectivity index (χ3n) is 1.94. The Bertz CT molecular complexity index is 463. The van der Waals surface area contributed by atoms with Gasteiger partial charge in [0.1, 0.15) is 5.82 Å². The van der Waals surface area contributed by atoms with Crippen LogP contribution in [0.2, 0.25) is 0 Å². The smallest absolute Gasteiger partial charge is 0.216 e. The normalized spacial score (nSPS) is 11.7. The van der Waals surface area contributed by atoms with Crippen molar-refractivity contribution >= 4 is 22.0 Å². The van der Waals surface area contributed by atoms with Crippen molar-refractivity contribution in [2.24, 2.45) is 5.14 Å². The highest BCUT2D eigenvalue weighted by Gasteiger charge is 2.05. The molecule has 3 N–H and O–H groups in total. The molecule has 1 rings (SSSR count). The minimum atomic E-state index is -3.67. The summed E-state index contributed by atoms with van der Waals surface area (Å²) in [6.45, 7) is 0.163. The molecule has 0 amide bonds. The fourth-order valence-electron chi connectivity index (χ4n) is 1.27. The number of benzene rings is 1. The first-order valence-electron chi connectivity index (χ1n) is 4.52. The average Bonchev–Trinajstić information content (AvgIpc) is 2.16. The van der Waals surface area contributed by atoms with E-state index in [9.17, 15) is 12.8 Å². The molecule has 7 heteroatoms. The first-order chi connectivity index (χ1) is 7.42. The van der Waals surface area contributed by atoms with Crippen LogP contribution in [-0.4, -0.2) is 21.2 Å². The van der Waals surface area contributed by atoms with Gasteiger partial charge in [-0.05, 0) is 36.4 Å². The first kappa shape index (κ1) is 13.4. The van der Waals surface area contributed by atoms with Gasteiger partial charge < -0.3 is 0 Å². The SMILES string of the molecule is CSc1ccc(F)cc1CCNS(N)(=O)=O. The highest BCUT2D eigenvalue weighted by molar-refractivity contribution is 7.98. The molecule has 0 aliphatic heterocycles. The van der Waals surface area contributed by atoms with Crippen LogP contribution in [0.15, 0.2) is 23.1 Å². The molecule has 90 valence electrons. The summed E-state index contributed by atoms with van der Waals surface area (Å²) in [6, 6.07) is 4.45. The topological polar surface area (TPSA) is 72.2 Å². The van der Waals surface area contributed by atoms with Crippen molar-refractivity contribution in [3.8, 4) is 0 Å². The van der Waals surface area contributed by atoms with Gasteiger partial charge in [0.15, 0.2) is 0 Å². The summed E-state index contributed by atoms with van der Waals surface area (Å²) in [6.07, 6.45) is 2.29. The fourth-order valence-corrected chi connectivity index (χ4v) is 2.28. The van der Waals surface area contributed by atoms with Crippen molar-refractivity contribution < 1.29 is 12.8 Å². The molecular formula is C9H13FN2O2S2. The van der Waals surface area contributed by atoms with Crippen molar-refractivity contribution in [1.29, 1.82) is 0 Å². The van der Waals surface area contributed by atoms with Gasteiger partial charge in [-0.2, -0.15) is 8.42 Å². The molecule has 1 aromatic rings. The van der Waals surface area contributed by atoms with Crippen LogP contribution in [0.5, 0.6) is 0 Å². The molecule has 0 heterocycles. The summed E-state index contributed by atoms with van der Waals surface area (Å²) in [4.78, 5) is 0.928. The van der Waals surface area contributed by atoms with E-state index in [0.717, 1.165) is 10.5 Å². The Balaban J connectivity index is 2.69. The fraction of sp³-hybridized carbons (Fsp3) is 0.333. The summed E-state index contributed by atoms with van der Waals surface area (Å²) in [5.41, 5.74) is 0.767. The Morgan fingerprint density at radius 3 is 2.75 bits per heavy atom. The second-order valence-electron chi connectivity index (χ2n) is 3.15. The highest BCUT2D eigenvalue weighted by atomic mass is 32.2. The van der Waals surface area contributed by atoms with E-state index in [1.807, 2.05) is 6.26 Å². The minimum Gasteiger partial charge on any atom is -0.216 e. The molecule has 0 spiro atoms. The van der Waals surface area contributed by atoms with Crippen molar-refractivity contribution in [2.45, 2.75) is 11.3 Å². The predicted octanol–water partition coefficient (Wildman–Crippen LogP) is 0.883. The number of thioether (sulfide) groups is 1. The molecule has 0 saturated carbocycles. The summed E-state index contributed by atoms with van der Waals surface area (Å²) >= 11 is 1.49. The number of hydrogen-bond acceptors (Lipinski definition) is 3. The number of hydrogen-bond donors (Lipinski definition) is 2. The van der Waals surface area contributed by atoms with Crippen LogP contribution in [0.1, 0.15) is 5.56 Å². The average molecular weight is 264 g/mol. The number of nitrogens with one attached hydrogen (secondary N) is 1. The van der Waals surface area contributed by atoms with Crippen molar-refractivity contribution in [3.05, 3.63) is 29.6 Å². The molecule has 0 fully saturated rings.